The van der Waals surface area contributed by atoms with Crippen LogP contribution in [0.25, 0.3) is 0 Å². The Morgan fingerprint density at radius 2 is 2.00 bits per heavy atom. The number of likely N-dealkylation sites (N-methyl/N-ethyl adjacent to an activating group) is 1. The molecule has 6 atom stereocenters. The number of carbonyl (C=O) groups is 3. The minimum Gasteiger partial charge on any atom is -0.467 e. The number of fused-ring (bicyclic) bond motifs is 1. The van der Waals surface area contributed by atoms with Gasteiger partial charge in [-0.1, -0.05) is 44.6 Å². The number of aliphatic hydroxyl groups excluding tert-OH is 1. The van der Waals surface area contributed by atoms with Crippen molar-refractivity contribution in [3.8, 4) is 0 Å². The van der Waals surface area contributed by atoms with E-state index in [1.165, 1.54) is 14.2 Å². The van der Waals surface area contributed by atoms with Crippen molar-refractivity contribution in [2.45, 2.75) is 52.5 Å². The van der Waals surface area contributed by atoms with E-state index in [1.54, 1.807) is 0 Å². The Morgan fingerprint density at radius 1 is 1.31 bits per heavy atom. The number of hydrogen-bond donors (Lipinski definition) is 1. The summed E-state index contributed by atoms with van der Waals surface area (Å²) in [5.74, 6) is -0.149. The number of amides is 1. The molecular formula is C23H35NO5. The maximum absolute atomic E-state index is 13.5. The number of nitrogens with zero attached hydrogens (tertiary/aromatic N) is 1. The number of ether oxygens (including phenoxy) is 1. The molecule has 0 heterocycles. The maximum Gasteiger partial charge on any atom is 0.330 e. The Hall–Kier alpha value is -1.95. The van der Waals surface area contributed by atoms with E-state index in [9.17, 15) is 19.5 Å². The number of hydrogen-bond acceptors (Lipinski definition) is 5. The standard InChI is InChI=1S/C23H35NO5/c1-6-7-17-10-9-16-12-15(2)8-11-18(16)23(17,3)20(26)13-21(27)24(4)19(14-25)22(28)29-5/h6-7,9-10,15-19,25H,8,11-14H2,1-5H3/b7-6+/t15-,16-,17-,18-,19+,23-/m1/s1. The van der Waals surface area contributed by atoms with Crippen molar-refractivity contribution in [2.24, 2.45) is 29.1 Å². The third-order valence-electron chi connectivity index (χ3n) is 7.01. The zero-order valence-corrected chi connectivity index (χ0v) is 18.3. The van der Waals surface area contributed by atoms with Crippen LogP contribution in [0.1, 0.15) is 46.5 Å². The van der Waals surface area contributed by atoms with Crippen molar-refractivity contribution >= 4 is 17.7 Å². The number of ketones is 1. The highest BCUT2D eigenvalue weighted by molar-refractivity contribution is 6.02. The molecule has 2 aliphatic carbocycles. The van der Waals surface area contributed by atoms with Crippen LogP contribution in [0.3, 0.4) is 0 Å². The van der Waals surface area contributed by atoms with E-state index in [4.69, 9.17) is 0 Å². The van der Waals surface area contributed by atoms with E-state index in [1.807, 2.05) is 26.0 Å². The highest BCUT2D eigenvalue weighted by atomic mass is 16.5. The minimum atomic E-state index is -1.10. The molecule has 0 aromatic carbocycles. The molecule has 6 heteroatoms. The fraction of sp³-hybridized carbons (Fsp3) is 0.696. The summed E-state index contributed by atoms with van der Waals surface area (Å²) < 4.78 is 4.65. The number of Topliss-reactive ketones (excluding diaryl/α,β-unsaturated/α-hetero) is 1. The average molecular weight is 406 g/mol. The van der Waals surface area contributed by atoms with Crippen LogP contribution >= 0.6 is 0 Å². The molecule has 0 radical (unpaired) electrons. The summed E-state index contributed by atoms with van der Waals surface area (Å²) in [6.45, 7) is 5.64. The first-order chi connectivity index (χ1) is 13.7. The second-order valence-corrected chi connectivity index (χ2v) is 8.73. The molecule has 0 spiro atoms. The van der Waals surface area contributed by atoms with Crippen molar-refractivity contribution < 1.29 is 24.2 Å². The molecule has 2 rings (SSSR count). The zero-order valence-electron chi connectivity index (χ0n) is 18.3. The number of carbonyl (C=O) groups excluding carboxylic acids is 3. The molecule has 1 saturated carbocycles. The van der Waals surface area contributed by atoms with Gasteiger partial charge in [0.1, 0.15) is 5.78 Å². The summed E-state index contributed by atoms with van der Waals surface area (Å²) in [5.41, 5.74) is -0.664. The predicted molar refractivity (Wildman–Crippen MR) is 111 cm³/mol. The minimum absolute atomic E-state index is 0.0537. The lowest BCUT2D eigenvalue weighted by atomic mass is 9.53. The molecule has 0 aliphatic heterocycles. The highest BCUT2D eigenvalue weighted by Crippen LogP contribution is 2.53. The summed E-state index contributed by atoms with van der Waals surface area (Å²) in [4.78, 5) is 39.2. The van der Waals surface area contributed by atoms with E-state index in [-0.39, 0.29) is 24.0 Å². The van der Waals surface area contributed by atoms with Gasteiger partial charge in [-0.2, -0.15) is 0 Å². The van der Waals surface area contributed by atoms with Crippen molar-refractivity contribution in [3.05, 3.63) is 24.3 Å². The summed E-state index contributed by atoms with van der Waals surface area (Å²) in [7, 11) is 2.63. The lowest BCUT2D eigenvalue weighted by Crippen LogP contribution is -2.51. The van der Waals surface area contributed by atoms with Gasteiger partial charge in [0.2, 0.25) is 5.91 Å². The lowest BCUT2D eigenvalue weighted by Gasteiger charge is -2.49. The second kappa shape index (κ2) is 9.70. The molecular weight excluding hydrogens is 370 g/mol. The van der Waals surface area contributed by atoms with Gasteiger partial charge in [0.25, 0.3) is 0 Å². The molecule has 0 unspecified atom stereocenters. The lowest BCUT2D eigenvalue weighted by molar-refractivity contribution is -0.155. The Bertz CT molecular complexity index is 685. The normalized spacial score (nSPS) is 32.5. The predicted octanol–water partition coefficient (Wildman–Crippen LogP) is 2.76. The summed E-state index contributed by atoms with van der Waals surface area (Å²) in [6, 6.07) is -1.10. The number of methoxy groups -OCH3 is 1. The van der Waals surface area contributed by atoms with Gasteiger partial charge in [-0.05, 0) is 37.5 Å². The first-order valence-electron chi connectivity index (χ1n) is 10.5. The van der Waals surface area contributed by atoms with Crippen LogP contribution in [0, 0.1) is 29.1 Å². The average Bonchev–Trinajstić information content (AvgIpc) is 2.70. The third kappa shape index (κ3) is 4.63. The Morgan fingerprint density at radius 3 is 2.59 bits per heavy atom. The monoisotopic (exact) mass is 405 g/mol. The van der Waals surface area contributed by atoms with Crippen LogP contribution in [-0.2, 0) is 19.1 Å². The van der Waals surface area contributed by atoms with Crippen LogP contribution in [0.2, 0.25) is 0 Å². The van der Waals surface area contributed by atoms with E-state index >= 15 is 0 Å². The summed E-state index contributed by atoms with van der Waals surface area (Å²) >= 11 is 0. The molecule has 1 amide bonds. The molecule has 162 valence electrons. The maximum atomic E-state index is 13.5. The van der Waals surface area contributed by atoms with E-state index in [0.29, 0.717) is 11.8 Å². The highest BCUT2D eigenvalue weighted by Gasteiger charge is 2.51. The fourth-order valence-corrected chi connectivity index (χ4v) is 5.07. The van der Waals surface area contributed by atoms with Gasteiger partial charge in [-0.25, -0.2) is 4.79 Å². The van der Waals surface area contributed by atoms with Crippen LogP contribution < -0.4 is 0 Å². The molecule has 0 saturated heterocycles. The van der Waals surface area contributed by atoms with Gasteiger partial charge >= 0.3 is 5.97 Å². The largest absolute Gasteiger partial charge is 0.467 e. The van der Waals surface area contributed by atoms with Crippen molar-refractivity contribution in [3.63, 3.8) is 0 Å². The molecule has 0 aromatic rings. The first kappa shape index (κ1) is 23.3. The van der Waals surface area contributed by atoms with Crippen molar-refractivity contribution in [2.75, 3.05) is 20.8 Å². The van der Waals surface area contributed by atoms with Crippen LogP contribution in [0.5, 0.6) is 0 Å². The van der Waals surface area contributed by atoms with Gasteiger partial charge in [-0.3, -0.25) is 9.59 Å². The zero-order chi connectivity index (χ0) is 21.8. The summed E-state index contributed by atoms with van der Waals surface area (Å²) in [5, 5.41) is 9.47. The molecule has 29 heavy (non-hydrogen) atoms. The molecule has 1 fully saturated rings. The Labute approximate surface area is 174 Å². The molecule has 0 aromatic heterocycles. The van der Waals surface area contributed by atoms with Crippen LogP contribution in [0.4, 0.5) is 0 Å². The number of aliphatic hydroxyl groups is 1. The van der Waals surface area contributed by atoms with E-state index in [2.05, 4.69) is 23.8 Å². The van der Waals surface area contributed by atoms with Crippen LogP contribution in [-0.4, -0.2) is 54.5 Å². The van der Waals surface area contributed by atoms with E-state index in [0.717, 1.165) is 24.2 Å². The van der Waals surface area contributed by atoms with Gasteiger partial charge in [-0.15, -0.1) is 0 Å². The van der Waals surface area contributed by atoms with Gasteiger partial charge in [0.05, 0.1) is 20.1 Å². The van der Waals surface area contributed by atoms with Crippen molar-refractivity contribution in [1.82, 2.24) is 4.90 Å². The van der Waals surface area contributed by atoms with Crippen molar-refractivity contribution in [1.29, 1.82) is 0 Å². The second-order valence-electron chi connectivity index (χ2n) is 8.73. The molecule has 6 nitrogen and oxygen atoms in total. The number of rotatable bonds is 7. The quantitative estimate of drug-likeness (QED) is 0.400. The van der Waals surface area contributed by atoms with Gasteiger partial charge < -0.3 is 14.7 Å². The first-order valence-corrected chi connectivity index (χ1v) is 10.5. The molecule has 1 N–H and O–H groups in total. The topological polar surface area (TPSA) is 83.9 Å². The fourth-order valence-electron chi connectivity index (χ4n) is 5.07. The smallest absolute Gasteiger partial charge is 0.330 e. The Balaban J connectivity index is 2.26. The summed E-state index contributed by atoms with van der Waals surface area (Å²) in [6.07, 6.45) is 11.2. The van der Waals surface area contributed by atoms with Gasteiger partial charge in [0, 0.05) is 18.4 Å². The Kier molecular flexibility index (Phi) is 7.80. The third-order valence-corrected chi connectivity index (χ3v) is 7.01. The number of esters is 1. The SMILES string of the molecule is C/C=C/[C@@H]1C=C[C@@H]2C[C@H](C)CC[C@H]2[C@]1(C)C(=O)CC(=O)N(C)[C@@H](CO)C(=O)OC. The van der Waals surface area contributed by atoms with Gasteiger partial charge in [0.15, 0.2) is 6.04 Å². The molecule has 0 bridgehead atoms. The molecule has 2 aliphatic rings. The number of allylic oxidation sites excluding steroid dienone is 4. The van der Waals surface area contributed by atoms with Crippen LogP contribution in [0.15, 0.2) is 24.3 Å². The van der Waals surface area contributed by atoms with E-state index < -0.39 is 29.9 Å².